The Morgan fingerprint density at radius 3 is 2.61 bits per heavy atom. The normalized spacial score (nSPS) is 22.5. The maximum absolute atomic E-state index is 6.60. The fourth-order valence-corrected chi connectivity index (χ4v) is 4.78. The summed E-state index contributed by atoms with van der Waals surface area (Å²) in [6, 6.07) is 10.4. The van der Waals surface area contributed by atoms with Crippen molar-refractivity contribution in [3.05, 3.63) is 52.7 Å². The van der Waals surface area contributed by atoms with Crippen LogP contribution in [0.5, 0.6) is 5.88 Å². The van der Waals surface area contributed by atoms with Gasteiger partial charge in [0.25, 0.3) is 0 Å². The number of halogens is 1. The molecule has 1 aliphatic carbocycles. The van der Waals surface area contributed by atoms with Crippen molar-refractivity contribution in [3.63, 3.8) is 0 Å². The minimum Gasteiger partial charge on any atom is -0.474 e. The van der Waals surface area contributed by atoms with Crippen LogP contribution >= 0.6 is 11.6 Å². The van der Waals surface area contributed by atoms with Crippen LogP contribution in [0.3, 0.4) is 0 Å². The number of rotatable bonds is 7. The fraction of sp³-hybridized carbons (Fsp3) is 0.560. The molecule has 2 aromatic rings. The van der Waals surface area contributed by atoms with Crippen molar-refractivity contribution in [1.82, 2.24) is 15.2 Å². The van der Waals surface area contributed by atoms with E-state index in [1.54, 1.807) is 0 Å². The highest BCUT2D eigenvalue weighted by Gasteiger charge is 2.20. The van der Waals surface area contributed by atoms with Gasteiger partial charge in [-0.15, -0.1) is 0 Å². The van der Waals surface area contributed by atoms with E-state index in [-0.39, 0.29) is 0 Å². The number of ether oxygens (including phenoxy) is 1. The summed E-state index contributed by atoms with van der Waals surface area (Å²) in [5, 5.41) is 4.41. The van der Waals surface area contributed by atoms with E-state index in [4.69, 9.17) is 16.3 Å². The van der Waals surface area contributed by atoms with Crippen molar-refractivity contribution >= 4 is 17.3 Å². The lowest BCUT2D eigenvalue weighted by Crippen LogP contribution is -2.45. The zero-order valence-electron chi connectivity index (χ0n) is 18.8. The molecule has 31 heavy (non-hydrogen) atoms. The van der Waals surface area contributed by atoms with Crippen molar-refractivity contribution in [2.75, 3.05) is 38.1 Å². The van der Waals surface area contributed by atoms with E-state index in [1.165, 1.54) is 29.7 Å². The second kappa shape index (κ2) is 10.7. The number of likely N-dealkylation sites (N-methyl/N-ethyl adjacent to an activating group) is 1. The summed E-state index contributed by atoms with van der Waals surface area (Å²) >= 11 is 6.60. The summed E-state index contributed by atoms with van der Waals surface area (Å²) in [6.07, 6.45) is 6.92. The lowest BCUT2D eigenvalue weighted by Gasteiger charge is -2.35. The van der Waals surface area contributed by atoms with Crippen LogP contribution in [0.15, 0.2) is 36.5 Å². The predicted octanol–water partition coefficient (Wildman–Crippen LogP) is 4.73. The smallest absolute Gasteiger partial charge is 0.213 e. The van der Waals surface area contributed by atoms with Crippen LogP contribution in [0.25, 0.3) is 0 Å². The Morgan fingerprint density at radius 1 is 1.06 bits per heavy atom. The molecule has 1 saturated heterocycles. The Bertz CT molecular complexity index is 845. The van der Waals surface area contributed by atoms with E-state index in [1.807, 2.05) is 12.3 Å². The maximum Gasteiger partial charge on any atom is 0.213 e. The first kappa shape index (κ1) is 22.4. The van der Waals surface area contributed by atoms with Crippen LogP contribution in [-0.4, -0.2) is 49.2 Å². The highest BCUT2D eigenvalue weighted by molar-refractivity contribution is 6.31. The lowest BCUT2D eigenvalue weighted by atomic mass is 9.89. The van der Waals surface area contributed by atoms with E-state index in [0.29, 0.717) is 6.10 Å². The molecule has 2 heterocycles. The van der Waals surface area contributed by atoms with Gasteiger partial charge >= 0.3 is 0 Å². The zero-order chi connectivity index (χ0) is 21.6. The number of nitrogens with one attached hydrogen (secondary N) is 1. The summed E-state index contributed by atoms with van der Waals surface area (Å²) in [5.74, 6) is 1.57. The van der Waals surface area contributed by atoms with Crippen LogP contribution < -0.4 is 15.0 Å². The fourth-order valence-electron chi connectivity index (χ4n) is 4.54. The summed E-state index contributed by atoms with van der Waals surface area (Å²) in [7, 11) is 2.18. The average molecular weight is 443 g/mol. The van der Waals surface area contributed by atoms with Crippen LogP contribution in [0.4, 0.5) is 5.69 Å². The molecule has 0 amide bonds. The second-order valence-electron chi connectivity index (χ2n) is 9.13. The molecule has 4 rings (SSSR count). The largest absolute Gasteiger partial charge is 0.474 e. The summed E-state index contributed by atoms with van der Waals surface area (Å²) in [6.45, 7) is 8.06. The van der Waals surface area contributed by atoms with Crippen LogP contribution in [0, 0.1) is 5.92 Å². The Balaban J connectivity index is 1.34. The standard InChI is InChI=1S/C25H35ClN4O/c1-19-6-8-21(9-7-19)31-25-16-20(10-11-28-25)17-27-18-22-23(26)4-3-5-24(22)30-14-12-29(2)13-15-30/h3-5,10-11,16,19,21,27H,6-9,12-15,17-18H2,1-2H3. The topological polar surface area (TPSA) is 40.6 Å². The SMILES string of the molecule is CC1CCC(Oc2cc(CNCc3c(Cl)cccc3N3CCN(C)CC3)ccn2)CC1. The average Bonchev–Trinajstić information content (AvgIpc) is 2.77. The molecule has 1 N–H and O–H groups in total. The number of nitrogens with zero attached hydrogens (tertiary/aromatic N) is 3. The van der Waals surface area contributed by atoms with Crippen molar-refractivity contribution < 1.29 is 4.74 Å². The first-order valence-corrected chi connectivity index (χ1v) is 12.0. The molecule has 5 nitrogen and oxygen atoms in total. The molecule has 6 heteroatoms. The molecule has 0 bridgehead atoms. The van der Waals surface area contributed by atoms with Crippen molar-refractivity contribution in [3.8, 4) is 5.88 Å². The molecular formula is C25H35ClN4O. The van der Waals surface area contributed by atoms with E-state index in [2.05, 4.69) is 58.3 Å². The molecule has 1 saturated carbocycles. The molecule has 0 unspecified atom stereocenters. The number of hydrogen-bond donors (Lipinski definition) is 1. The van der Waals surface area contributed by atoms with E-state index >= 15 is 0 Å². The van der Waals surface area contributed by atoms with Crippen molar-refractivity contribution in [2.24, 2.45) is 5.92 Å². The van der Waals surface area contributed by atoms with Crippen molar-refractivity contribution in [1.29, 1.82) is 0 Å². The molecule has 0 spiro atoms. The molecular weight excluding hydrogens is 408 g/mol. The Hall–Kier alpha value is -1.82. The summed E-state index contributed by atoms with van der Waals surface area (Å²) in [4.78, 5) is 9.25. The van der Waals surface area contributed by atoms with Gasteiger partial charge in [0.05, 0.1) is 0 Å². The first-order valence-electron chi connectivity index (χ1n) is 11.6. The minimum absolute atomic E-state index is 0.307. The lowest BCUT2D eigenvalue weighted by molar-refractivity contribution is 0.130. The molecule has 1 aromatic heterocycles. The maximum atomic E-state index is 6.60. The Labute approximate surface area is 191 Å². The third-order valence-corrected chi connectivity index (χ3v) is 6.97. The monoisotopic (exact) mass is 442 g/mol. The van der Waals surface area contributed by atoms with Gasteiger partial charge in [-0.25, -0.2) is 4.98 Å². The molecule has 1 aliphatic heterocycles. The second-order valence-corrected chi connectivity index (χ2v) is 9.54. The number of benzene rings is 1. The number of aromatic nitrogens is 1. The number of pyridine rings is 1. The number of piperazine rings is 1. The Morgan fingerprint density at radius 2 is 1.84 bits per heavy atom. The van der Waals surface area contributed by atoms with Gasteiger partial charge in [0.2, 0.25) is 5.88 Å². The van der Waals surface area contributed by atoms with Gasteiger partial charge in [0.1, 0.15) is 6.10 Å². The predicted molar refractivity (Wildman–Crippen MR) is 128 cm³/mol. The van der Waals surface area contributed by atoms with Crippen LogP contribution in [-0.2, 0) is 13.1 Å². The summed E-state index contributed by atoms with van der Waals surface area (Å²) < 4.78 is 6.16. The third-order valence-electron chi connectivity index (χ3n) is 6.62. The van der Waals surface area contributed by atoms with E-state index in [9.17, 15) is 0 Å². The first-order chi connectivity index (χ1) is 15.1. The Kier molecular flexibility index (Phi) is 7.70. The highest BCUT2D eigenvalue weighted by atomic mass is 35.5. The quantitative estimate of drug-likeness (QED) is 0.671. The molecule has 2 aliphatic rings. The van der Waals surface area contributed by atoms with E-state index in [0.717, 1.165) is 68.9 Å². The number of anilines is 1. The minimum atomic E-state index is 0.307. The molecule has 168 valence electrons. The van der Waals surface area contributed by atoms with E-state index < -0.39 is 0 Å². The summed E-state index contributed by atoms with van der Waals surface area (Å²) in [5.41, 5.74) is 3.61. The molecule has 2 fully saturated rings. The molecule has 0 radical (unpaired) electrons. The van der Waals surface area contributed by atoms with Crippen molar-refractivity contribution in [2.45, 2.75) is 51.8 Å². The van der Waals surface area contributed by atoms with Gasteiger partial charge in [-0.2, -0.15) is 0 Å². The zero-order valence-corrected chi connectivity index (χ0v) is 19.6. The molecule has 1 aromatic carbocycles. The van der Waals surface area contributed by atoms with Crippen LogP contribution in [0.2, 0.25) is 5.02 Å². The van der Waals surface area contributed by atoms with Gasteiger partial charge in [-0.05, 0) is 62.4 Å². The van der Waals surface area contributed by atoms with Gasteiger partial charge in [0, 0.05) is 67.8 Å². The van der Waals surface area contributed by atoms with Gasteiger partial charge in [0.15, 0.2) is 0 Å². The third kappa shape index (κ3) is 6.12. The van der Waals surface area contributed by atoms with Crippen LogP contribution in [0.1, 0.15) is 43.7 Å². The number of hydrogen-bond acceptors (Lipinski definition) is 5. The van der Waals surface area contributed by atoms with Gasteiger partial charge in [-0.3, -0.25) is 0 Å². The van der Waals surface area contributed by atoms with Gasteiger partial charge in [-0.1, -0.05) is 24.6 Å². The highest BCUT2D eigenvalue weighted by Crippen LogP contribution is 2.29. The van der Waals surface area contributed by atoms with Gasteiger partial charge < -0.3 is 19.9 Å². The molecule has 0 atom stereocenters.